The van der Waals surface area contributed by atoms with Crippen LogP contribution in [-0.4, -0.2) is 21.2 Å². The van der Waals surface area contributed by atoms with E-state index in [0.717, 1.165) is 9.09 Å². The van der Waals surface area contributed by atoms with E-state index < -0.39 is 11.7 Å². The largest absolute Gasteiger partial charge is 0.443 e. The Morgan fingerprint density at radius 3 is 2.72 bits per heavy atom. The molecule has 0 saturated carbocycles. The molecular formula is C12H12ClIN2O2. The molecule has 0 saturated heterocycles. The Balaban J connectivity index is 2.53. The highest BCUT2D eigenvalue weighted by Gasteiger charge is 2.22. The summed E-state index contributed by atoms with van der Waals surface area (Å²) in [4.78, 5) is 16.3. The van der Waals surface area contributed by atoms with Crippen LogP contribution in [-0.2, 0) is 4.74 Å². The molecule has 0 bridgehead atoms. The first-order chi connectivity index (χ1) is 8.28. The van der Waals surface area contributed by atoms with Gasteiger partial charge in [-0.1, -0.05) is 11.6 Å². The van der Waals surface area contributed by atoms with Gasteiger partial charge in [-0.3, -0.25) is 0 Å². The van der Waals surface area contributed by atoms with E-state index >= 15 is 0 Å². The molecule has 0 aliphatic carbocycles. The number of carbonyl (C=O) groups is 1. The van der Waals surface area contributed by atoms with Crippen molar-refractivity contribution in [2.75, 3.05) is 0 Å². The highest BCUT2D eigenvalue weighted by molar-refractivity contribution is 14.1. The molecule has 2 aromatic rings. The molecule has 18 heavy (non-hydrogen) atoms. The van der Waals surface area contributed by atoms with Gasteiger partial charge < -0.3 is 4.74 Å². The van der Waals surface area contributed by atoms with Gasteiger partial charge >= 0.3 is 6.09 Å². The second kappa shape index (κ2) is 4.70. The van der Waals surface area contributed by atoms with Crippen molar-refractivity contribution in [3.8, 4) is 0 Å². The summed E-state index contributed by atoms with van der Waals surface area (Å²) in [6, 6.07) is 5.39. The summed E-state index contributed by atoms with van der Waals surface area (Å²) in [5.74, 6) is 0. The Morgan fingerprint density at radius 2 is 2.11 bits per heavy atom. The van der Waals surface area contributed by atoms with Crippen LogP contribution in [0.25, 0.3) is 11.0 Å². The molecule has 0 aliphatic heterocycles. The standard InChI is InChI=1S/C12H12ClIN2O2/c1-12(2,3)18-11(17)16-9(14)6-7-4-5-8(13)15-10(7)16/h4-6H,1-3H3. The monoisotopic (exact) mass is 378 g/mol. The van der Waals surface area contributed by atoms with E-state index in [1.165, 1.54) is 4.57 Å². The maximum absolute atomic E-state index is 12.1. The fourth-order valence-electron chi connectivity index (χ4n) is 1.50. The number of fused-ring (bicyclic) bond motifs is 1. The first-order valence-corrected chi connectivity index (χ1v) is 6.80. The molecule has 0 unspecified atom stereocenters. The molecule has 96 valence electrons. The Hall–Kier alpha value is -0.820. The third-order valence-corrected chi connectivity index (χ3v) is 3.15. The Morgan fingerprint density at radius 1 is 1.44 bits per heavy atom. The number of halogens is 2. The number of aromatic nitrogens is 2. The smallest absolute Gasteiger partial charge is 0.421 e. The minimum Gasteiger partial charge on any atom is -0.443 e. The van der Waals surface area contributed by atoms with Crippen LogP contribution in [0.5, 0.6) is 0 Å². The van der Waals surface area contributed by atoms with Crippen molar-refractivity contribution in [2.45, 2.75) is 26.4 Å². The second-order valence-electron chi connectivity index (χ2n) is 4.83. The highest BCUT2D eigenvalue weighted by atomic mass is 127. The van der Waals surface area contributed by atoms with Crippen molar-refractivity contribution in [1.82, 2.24) is 9.55 Å². The lowest BCUT2D eigenvalue weighted by atomic mass is 10.2. The van der Waals surface area contributed by atoms with Gasteiger partial charge in [-0.05, 0) is 61.6 Å². The molecule has 0 amide bonds. The SMILES string of the molecule is CC(C)(C)OC(=O)n1c(I)cc2ccc(Cl)nc21. The Kier molecular flexibility index (Phi) is 3.55. The normalized spacial score (nSPS) is 11.8. The van der Waals surface area contributed by atoms with Crippen molar-refractivity contribution in [3.63, 3.8) is 0 Å². The summed E-state index contributed by atoms with van der Waals surface area (Å²) in [5, 5.41) is 1.21. The van der Waals surface area contributed by atoms with Gasteiger partial charge in [-0.25, -0.2) is 14.3 Å². The van der Waals surface area contributed by atoms with Crippen molar-refractivity contribution in [1.29, 1.82) is 0 Å². The molecule has 0 N–H and O–H groups in total. The highest BCUT2D eigenvalue weighted by Crippen LogP contribution is 2.23. The minimum absolute atomic E-state index is 0.349. The van der Waals surface area contributed by atoms with Gasteiger partial charge in [-0.2, -0.15) is 0 Å². The number of hydrogen-bond acceptors (Lipinski definition) is 3. The number of rotatable bonds is 0. The average molecular weight is 379 g/mol. The summed E-state index contributed by atoms with van der Waals surface area (Å²) < 4.78 is 7.51. The van der Waals surface area contributed by atoms with E-state index in [9.17, 15) is 4.79 Å². The molecule has 0 fully saturated rings. The first kappa shape index (κ1) is 13.6. The topological polar surface area (TPSA) is 44.1 Å². The van der Waals surface area contributed by atoms with E-state index in [4.69, 9.17) is 16.3 Å². The molecule has 0 atom stereocenters. The van der Waals surface area contributed by atoms with Gasteiger partial charge in [0.05, 0.1) is 3.70 Å². The first-order valence-electron chi connectivity index (χ1n) is 5.35. The van der Waals surface area contributed by atoms with E-state index in [2.05, 4.69) is 27.6 Å². The molecule has 2 heterocycles. The zero-order chi connectivity index (χ0) is 13.5. The summed E-state index contributed by atoms with van der Waals surface area (Å²) in [6.07, 6.45) is -0.448. The van der Waals surface area contributed by atoms with E-state index in [1.807, 2.05) is 32.9 Å². The number of pyridine rings is 1. The number of ether oxygens (including phenoxy) is 1. The molecule has 2 aromatic heterocycles. The number of carbonyl (C=O) groups excluding carboxylic acids is 1. The Labute approximate surface area is 123 Å². The fraction of sp³-hybridized carbons (Fsp3) is 0.333. The fourth-order valence-corrected chi connectivity index (χ4v) is 2.41. The summed E-state index contributed by atoms with van der Waals surface area (Å²) in [5.41, 5.74) is -0.0313. The van der Waals surface area contributed by atoms with Crippen LogP contribution in [0, 0.1) is 3.70 Å². The lowest BCUT2D eigenvalue weighted by Gasteiger charge is -2.20. The molecule has 6 heteroatoms. The second-order valence-corrected chi connectivity index (χ2v) is 6.32. The molecule has 0 aromatic carbocycles. The van der Waals surface area contributed by atoms with Gasteiger partial charge in [-0.15, -0.1) is 0 Å². The Bertz CT molecular complexity index is 616. The minimum atomic E-state index is -0.546. The molecule has 0 aliphatic rings. The van der Waals surface area contributed by atoms with Gasteiger partial charge in [0.25, 0.3) is 0 Å². The van der Waals surface area contributed by atoms with Crippen LogP contribution in [0.3, 0.4) is 0 Å². The lowest BCUT2D eigenvalue weighted by molar-refractivity contribution is 0.0540. The zero-order valence-electron chi connectivity index (χ0n) is 10.2. The van der Waals surface area contributed by atoms with Gasteiger partial charge in [0.2, 0.25) is 0 Å². The van der Waals surface area contributed by atoms with E-state index in [1.54, 1.807) is 6.07 Å². The maximum atomic E-state index is 12.1. The van der Waals surface area contributed by atoms with Crippen LogP contribution in [0.2, 0.25) is 5.15 Å². The van der Waals surface area contributed by atoms with E-state index in [0.29, 0.717) is 10.8 Å². The summed E-state index contributed by atoms with van der Waals surface area (Å²) in [6.45, 7) is 5.47. The molecule has 0 radical (unpaired) electrons. The molecule has 4 nitrogen and oxygen atoms in total. The maximum Gasteiger partial charge on any atom is 0.421 e. The summed E-state index contributed by atoms with van der Waals surface area (Å²) >= 11 is 7.93. The molecule has 0 spiro atoms. The van der Waals surface area contributed by atoms with Crippen LogP contribution >= 0.6 is 34.2 Å². The predicted molar refractivity (Wildman–Crippen MR) is 79.1 cm³/mol. The van der Waals surface area contributed by atoms with Gasteiger partial charge in [0.15, 0.2) is 5.65 Å². The average Bonchev–Trinajstić information content (AvgIpc) is 2.50. The van der Waals surface area contributed by atoms with Crippen LogP contribution in [0.15, 0.2) is 18.2 Å². The quantitative estimate of drug-likeness (QED) is 0.512. The van der Waals surface area contributed by atoms with Crippen molar-refractivity contribution < 1.29 is 9.53 Å². The van der Waals surface area contributed by atoms with Crippen molar-refractivity contribution >= 4 is 51.3 Å². The van der Waals surface area contributed by atoms with Crippen molar-refractivity contribution in [3.05, 3.63) is 27.1 Å². The van der Waals surface area contributed by atoms with Crippen molar-refractivity contribution in [2.24, 2.45) is 0 Å². The molecule has 2 rings (SSSR count). The third kappa shape index (κ3) is 2.77. The van der Waals surface area contributed by atoms with Gasteiger partial charge in [0, 0.05) is 5.39 Å². The van der Waals surface area contributed by atoms with E-state index in [-0.39, 0.29) is 0 Å². The predicted octanol–water partition coefficient (Wildman–Crippen LogP) is 4.08. The van der Waals surface area contributed by atoms with Crippen LogP contribution < -0.4 is 0 Å². The summed E-state index contributed by atoms with van der Waals surface area (Å²) in [7, 11) is 0. The molecular weight excluding hydrogens is 367 g/mol. The van der Waals surface area contributed by atoms with Gasteiger partial charge in [0.1, 0.15) is 10.8 Å². The van der Waals surface area contributed by atoms with Crippen LogP contribution in [0.1, 0.15) is 20.8 Å². The zero-order valence-corrected chi connectivity index (χ0v) is 13.1. The number of nitrogens with zero attached hydrogens (tertiary/aromatic N) is 2. The number of hydrogen-bond donors (Lipinski definition) is 0. The van der Waals surface area contributed by atoms with Crippen LogP contribution in [0.4, 0.5) is 4.79 Å². The lowest BCUT2D eigenvalue weighted by Crippen LogP contribution is -2.27. The third-order valence-electron chi connectivity index (χ3n) is 2.15.